The van der Waals surface area contributed by atoms with Crippen molar-refractivity contribution < 1.29 is 9.59 Å². The summed E-state index contributed by atoms with van der Waals surface area (Å²) < 4.78 is 0.684. The third-order valence-corrected chi connectivity index (χ3v) is 5.50. The zero-order valence-electron chi connectivity index (χ0n) is 14.2. The highest BCUT2D eigenvalue weighted by atomic mass is 32.2. The quantitative estimate of drug-likeness (QED) is 0.502. The van der Waals surface area contributed by atoms with E-state index in [2.05, 4.69) is 20.8 Å². The van der Waals surface area contributed by atoms with Crippen LogP contribution in [0.1, 0.15) is 15.9 Å². The molecule has 0 atom stereocenters. The summed E-state index contributed by atoms with van der Waals surface area (Å²) >= 11 is 2.67. The highest BCUT2D eigenvalue weighted by Gasteiger charge is 2.12. The number of nitrogens with one attached hydrogen (secondary N) is 2. The van der Waals surface area contributed by atoms with Gasteiger partial charge < -0.3 is 16.4 Å². The van der Waals surface area contributed by atoms with Gasteiger partial charge in [-0.1, -0.05) is 65.6 Å². The summed E-state index contributed by atoms with van der Waals surface area (Å²) in [4.78, 5) is 23.5. The summed E-state index contributed by atoms with van der Waals surface area (Å²) in [5, 5.41) is 14.7. The molecule has 0 aliphatic rings. The molecule has 3 rings (SSSR count). The van der Waals surface area contributed by atoms with Gasteiger partial charge in [-0.25, -0.2) is 0 Å². The average molecular weight is 400 g/mol. The molecular formula is C18H17N5O2S2. The van der Waals surface area contributed by atoms with Crippen molar-refractivity contribution in [2.45, 2.75) is 10.9 Å². The van der Waals surface area contributed by atoms with Gasteiger partial charge in [-0.05, 0) is 17.7 Å². The monoisotopic (exact) mass is 399 g/mol. The molecule has 1 heterocycles. The van der Waals surface area contributed by atoms with Crippen molar-refractivity contribution in [3.63, 3.8) is 0 Å². The number of benzene rings is 2. The molecule has 7 nitrogen and oxygen atoms in total. The van der Waals surface area contributed by atoms with Gasteiger partial charge in [0, 0.05) is 6.54 Å². The van der Waals surface area contributed by atoms with Gasteiger partial charge in [0.05, 0.1) is 17.0 Å². The molecule has 138 valence electrons. The average Bonchev–Trinajstić information content (AvgIpc) is 3.14. The Morgan fingerprint density at radius 2 is 1.78 bits per heavy atom. The van der Waals surface area contributed by atoms with Crippen molar-refractivity contribution in [3.8, 4) is 0 Å². The molecule has 2 amide bonds. The second kappa shape index (κ2) is 9.15. The third kappa shape index (κ3) is 5.53. The molecule has 0 saturated carbocycles. The summed E-state index contributed by atoms with van der Waals surface area (Å²) in [6.07, 6.45) is 0. The first-order valence-electron chi connectivity index (χ1n) is 8.04. The van der Waals surface area contributed by atoms with E-state index in [4.69, 9.17) is 5.73 Å². The van der Waals surface area contributed by atoms with Gasteiger partial charge in [0.1, 0.15) is 0 Å². The molecule has 3 aromatic rings. The van der Waals surface area contributed by atoms with Crippen LogP contribution in [0.25, 0.3) is 0 Å². The number of para-hydroxylation sites is 1. The highest BCUT2D eigenvalue weighted by molar-refractivity contribution is 8.01. The van der Waals surface area contributed by atoms with E-state index in [1.54, 1.807) is 24.3 Å². The van der Waals surface area contributed by atoms with Gasteiger partial charge >= 0.3 is 0 Å². The molecule has 2 aromatic carbocycles. The number of hydrogen-bond donors (Lipinski definition) is 3. The molecular weight excluding hydrogens is 382 g/mol. The molecule has 0 aliphatic heterocycles. The lowest BCUT2D eigenvalue weighted by Crippen LogP contribution is -2.19. The number of nitrogens with zero attached hydrogens (tertiary/aromatic N) is 2. The van der Waals surface area contributed by atoms with Gasteiger partial charge in [-0.3, -0.25) is 9.59 Å². The summed E-state index contributed by atoms with van der Waals surface area (Å²) in [5.74, 6) is -0.681. The number of anilines is 2. The smallest absolute Gasteiger partial charge is 0.250 e. The fourth-order valence-corrected chi connectivity index (χ4v) is 3.78. The summed E-state index contributed by atoms with van der Waals surface area (Å²) in [5.41, 5.74) is 7.14. The van der Waals surface area contributed by atoms with E-state index in [9.17, 15) is 9.59 Å². The second-order valence-electron chi connectivity index (χ2n) is 5.46. The summed E-state index contributed by atoms with van der Waals surface area (Å²) in [7, 11) is 0. The van der Waals surface area contributed by atoms with Crippen LogP contribution < -0.4 is 16.4 Å². The number of amides is 2. The molecule has 0 bridgehead atoms. The Balaban J connectivity index is 1.50. The zero-order valence-corrected chi connectivity index (χ0v) is 15.8. The van der Waals surface area contributed by atoms with Gasteiger partial charge in [-0.2, -0.15) is 0 Å². The van der Waals surface area contributed by atoms with Crippen molar-refractivity contribution in [2.75, 3.05) is 16.4 Å². The number of thioether (sulfide) groups is 1. The lowest BCUT2D eigenvalue weighted by atomic mass is 10.1. The lowest BCUT2D eigenvalue weighted by molar-refractivity contribution is -0.113. The van der Waals surface area contributed by atoms with E-state index in [1.165, 1.54) is 23.1 Å². The summed E-state index contributed by atoms with van der Waals surface area (Å²) in [6.45, 7) is 0.657. The van der Waals surface area contributed by atoms with Crippen molar-refractivity contribution in [1.82, 2.24) is 10.2 Å². The Labute approximate surface area is 164 Å². The largest absolute Gasteiger partial charge is 0.366 e. The number of nitrogens with two attached hydrogens (primary N) is 1. The third-order valence-electron chi connectivity index (χ3n) is 3.49. The van der Waals surface area contributed by atoms with Crippen LogP contribution in [-0.4, -0.2) is 27.8 Å². The van der Waals surface area contributed by atoms with E-state index in [0.29, 0.717) is 21.7 Å². The fraction of sp³-hybridized carbons (Fsp3) is 0.111. The molecule has 0 unspecified atom stereocenters. The van der Waals surface area contributed by atoms with Crippen molar-refractivity contribution in [2.24, 2.45) is 5.73 Å². The number of primary amides is 1. The summed E-state index contributed by atoms with van der Waals surface area (Å²) in [6, 6.07) is 16.6. The molecule has 0 spiro atoms. The topological polar surface area (TPSA) is 110 Å². The van der Waals surface area contributed by atoms with E-state index in [0.717, 1.165) is 5.56 Å². The van der Waals surface area contributed by atoms with Crippen molar-refractivity contribution in [1.29, 1.82) is 0 Å². The number of hydrogen-bond acceptors (Lipinski definition) is 7. The molecule has 1 aromatic heterocycles. The minimum Gasteiger partial charge on any atom is -0.366 e. The van der Waals surface area contributed by atoms with E-state index < -0.39 is 5.91 Å². The molecule has 0 aliphatic carbocycles. The van der Waals surface area contributed by atoms with Crippen LogP contribution in [0.5, 0.6) is 0 Å². The minimum absolute atomic E-state index is 0.153. The number of carbonyl (C=O) groups excluding carboxylic acids is 2. The van der Waals surface area contributed by atoms with Gasteiger partial charge in [0.25, 0.3) is 5.91 Å². The predicted octanol–water partition coefficient (Wildman–Crippen LogP) is 2.98. The molecule has 4 N–H and O–H groups in total. The highest BCUT2D eigenvalue weighted by Crippen LogP contribution is 2.26. The van der Waals surface area contributed by atoms with Crippen molar-refractivity contribution >= 4 is 45.7 Å². The van der Waals surface area contributed by atoms with Crippen LogP contribution in [0.3, 0.4) is 0 Å². The van der Waals surface area contributed by atoms with Gasteiger partial charge in [0.2, 0.25) is 11.0 Å². The van der Waals surface area contributed by atoms with Crippen molar-refractivity contribution in [3.05, 3.63) is 65.7 Å². The Hall–Kier alpha value is -2.91. The Kier molecular flexibility index (Phi) is 6.39. The predicted molar refractivity (Wildman–Crippen MR) is 108 cm³/mol. The molecule has 27 heavy (non-hydrogen) atoms. The number of carbonyl (C=O) groups is 2. The molecule has 0 fully saturated rings. The van der Waals surface area contributed by atoms with E-state index >= 15 is 0 Å². The zero-order chi connectivity index (χ0) is 19.1. The van der Waals surface area contributed by atoms with Crippen LogP contribution >= 0.6 is 23.1 Å². The Morgan fingerprint density at radius 1 is 1.04 bits per heavy atom. The van der Waals surface area contributed by atoms with Gasteiger partial charge in [-0.15, -0.1) is 10.2 Å². The molecule has 9 heteroatoms. The Morgan fingerprint density at radius 3 is 2.56 bits per heavy atom. The number of rotatable bonds is 8. The number of aromatic nitrogens is 2. The van der Waals surface area contributed by atoms with Crippen LogP contribution in [0.2, 0.25) is 0 Å². The van der Waals surface area contributed by atoms with E-state index in [-0.39, 0.29) is 17.2 Å². The maximum atomic E-state index is 12.1. The second-order valence-corrected chi connectivity index (χ2v) is 7.66. The normalized spacial score (nSPS) is 10.4. The first kappa shape index (κ1) is 18.9. The van der Waals surface area contributed by atoms with Crippen LogP contribution in [-0.2, 0) is 11.3 Å². The van der Waals surface area contributed by atoms with E-state index in [1.807, 2.05) is 30.3 Å². The first-order chi connectivity index (χ1) is 13.1. The SMILES string of the molecule is NC(=O)c1ccccc1NC(=O)CSc1nnc(NCc2ccccc2)s1. The lowest BCUT2D eigenvalue weighted by Gasteiger charge is -2.07. The standard InChI is InChI=1S/C18H17N5O2S2/c19-16(25)13-8-4-5-9-14(13)21-15(24)11-26-18-23-22-17(27-18)20-10-12-6-2-1-3-7-12/h1-9H,10-11H2,(H2,19,25)(H,20,22)(H,21,24). The maximum Gasteiger partial charge on any atom is 0.250 e. The van der Waals surface area contributed by atoms with Crippen LogP contribution in [0, 0.1) is 0 Å². The fourth-order valence-electron chi connectivity index (χ4n) is 2.23. The Bertz CT molecular complexity index is 930. The van der Waals surface area contributed by atoms with Crippen LogP contribution in [0.15, 0.2) is 58.9 Å². The maximum absolute atomic E-state index is 12.1. The van der Waals surface area contributed by atoms with Crippen LogP contribution in [0.4, 0.5) is 10.8 Å². The molecule has 0 radical (unpaired) electrons. The molecule has 0 saturated heterocycles. The minimum atomic E-state index is -0.586. The first-order valence-corrected chi connectivity index (χ1v) is 9.85. The van der Waals surface area contributed by atoms with Gasteiger partial charge in [0.15, 0.2) is 4.34 Å².